The number of alkyl halides is 3. The van der Waals surface area contributed by atoms with Gasteiger partial charge in [0.1, 0.15) is 5.82 Å². The second kappa shape index (κ2) is 7.48. The van der Waals surface area contributed by atoms with Crippen molar-refractivity contribution < 1.29 is 22.4 Å². The van der Waals surface area contributed by atoms with E-state index in [9.17, 15) is 22.4 Å². The van der Waals surface area contributed by atoms with Crippen molar-refractivity contribution in [3.8, 4) is 0 Å². The first-order valence-corrected chi connectivity index (χ1v) is 7.70. The fraction of sp³-hybridized carbons (Fsp3) is 0.111. The average Bonchev–Trinajstić information content (AvgIpc) is 2.66. The van der Waals surface area contributed by atoms with Crippen LogP contribution in [-0.2, 0) is 12.7 Å². The van der Waals surface area contributed by atoms with Crippen molar-refractivity contribution >= 4 is 11.7 Å². The molecule has 3 rings (SSSR count). The van der Waals surface area contributed by atoms with Crippen LogP contribution in [0.1, 0.15) is 27.0 Å². The van der Waals surface area contributed by atoms with E-state index in [1.165, 1.54) is 12.4 Å². The van der Waals surface area contributed by atoms with Gasteiger partial charge in [0.15, 0.2) is 5.78 Å². The maximum absolute atomic E-state index is 13.5. The molecule has 1 aromatic carbocycles. The number of hydrogen-bond donors (Lipinski definition) is 1. The number of halogens is 4. The zero-order chi connectivity index (χ0) is 19.4. The average molecular weight is 376 g/mol. The molecular weight excluding hydrogens is 364 g/mol. The monoisotopic (exact) mass is 376 g/mol. The highest BCUT2D eigenvalue weighted by Gasteiger charge is 2.32. The van der Waals surface area contributed by atoms with Crippen molar-refractivity contribution in [2.24, 2.45) is 0 Å². The van der Waals surface area contributed by atoms with Crippen LogP contribution < -0.4 is 5.32 Å². The Kier molecular flexibility index (Phi) is 5.11. The van der Waals surface area contributed by atoms with Gasteiger partial charge in [-0.05, 0) is 29.8 Å². The van der Waals surface area contributed by atoms with E-state index in [0.717, 1.165) is 11.6 Å². The van der Waals surface area contributed by atoms with Gasteiger partial charge in [-0.1, -0.05) is 6.07 Å². The van der Waals surface area contributed by atoms with Crippen LogP contribution in [0.15, 0.2) is 55.1 Å². The van der Waals surface area contributed by atoms with E-state index in [0.29, 0.717) is 18.7 Å². The number of aromatic nitrogens is 3. The van der Waals surface area contributed by atoms with Crippen LogP contribution >= 0.6 is 0 Å². The lowest BCUT2D eigenvalue weighted by Gasteiger charge is -2.09. The number of nitrogens with one attached hydrogen (secondary N) is 1. The molecule has 0 unspecified atom stereocenters. The van der Waals surface area contributed by atoms with Crippen molar-refractivity contribution in [1.29, 1.82) is 0 Å². The van der Waals surface area contributed by atoms with Gasteiger partial charge < -0.3 is 5.32 Å². The first-order chi connectivity index (χ1) is 12.8. The molecule has 0 radical (unpaired) electrons. The highest BCUT2D eigenvalue weighted by Crippen LogP contribution is 2.30. The molecule has 0 aliphatic heterocycles. The quantitative estimate of drug-likeness (QED) is 0.541. The smallest absolute Gasteiger partial charge is 0.350 e. The molecule has 0 aliphatic rings. The lowest BCUT2D eigenvalue weighted by molar-refractivity contribution is -0.137. The van der Waals surface area contributed by atoms with E-state index in [4.69, 9.17) is 0 Å². The molecule has 3 aromatic rings. The molecular formula is C18H12F4N4O. The molecule has 9 heteroatoms. The Morgan fingerprint density at radius 2 is 1.78 bits per heavy atom. The molecule has 0 aliphatic carbocycles. The molecule has 0 bridgehead atoms. The number of carbonyl (C=O) groups excluding carboxylic acids is 1. The summed E-state index contributed by atoms with van der Waals surface area (Å²) < 4.78 is 51.8. The van der Waals surface area contributed by atoms with Crippen LogP contribution in [0.25, 0.3) is 0 Å². The number of carbonyl (C=O) groups is 1. The summed E-state index contributed by atoms with van der Waals surface area (Å²) in [5.41, 5.74) is -0.829. The van der Waals surface area contributed by atoms with E-state index in [-0.39, 0.29) is 11.5 Å². The molecule has 0 atom stereocenters. The Balaban J connectivity index is 1.75. The van der Waals surface area contributed by atoms with Gasteiger partial charge >= 0.3 is 6.18 Å². The lowest BCUT2D eigenvalue weighted by Crippen LogP contribution is -2.10. The molecule has 0 amide bonds. The third-order valence-electron chi connectivity index (χ3n) is 3.57. The largest absolute Gasteiger partial charge is 0.416 e. The summed E-state index contributed by atoms with van der Waals surface area (Å²) >= 11 is 0. The Bertz CT molecular complexity index is 944. The van der Waals surface area contributed by atoms with Gasteiger partial charge in [0.2, 0.25) is 5.95 Å². The van der Waals surface area contributed by atoms with Crippen LogP contribution in [-0.4, -0.2) is 20.7 Å². The Morgan fingerprint density at radius 3 is 2.41 bits per heavy atom. The molecule has 0 saturated heterocycles. The van der Waals surface area contributed by atoms with Gasteiger partial charge in [-0.15, -0.1) is 0 Å². The maximum Gasteiger partial charge on any atom is 0.416 e. The number of ketones is 1. The van der Waals surface area contributed by atoms with Gasteiger partial charge in [0.05, 0.1) is 11.1 Å². The predicted molar refractivity (Wildman–Crippen MR) is 88.4 cm³/mol. The SMILES string of the molecule is O=C(c1cnc(NCc2cccnc2)nc1)c1cc(F)cc(C(F)(F)F)c1. The number of rotatable bonds is 5. The Morgan fingerprint density at radius 1 is 1.04 bits per heavy atom. The fourth-order valence-electron chi connectivity index (χ4n) is 2.27. The van der Waals surface area contributed by atoms with Crippen molar-refractivity contribution in [3.05, 3.63) is 83.2 Å². The minimum Gasteiger partial charge on any atom is -0.350 e. The molecule has 0 saturated carbocycles. The number of pyridine rings is 1. The van der Waals surface area contributed by atoms with Crippen LogP contribution in [0.2, 0.25) is 0 Å². The summed E-state index contributed by atoms with van der Waals surface area (Å²) in [5, 5.41) is 2.92. The molecule has 5 nitrogen and oxygen atoms in total. The molecule has 0 fully saturated rings. The highest BCUT2D eigenvalue weighted by molar-refractivity contribution is 6.08. The van der Waals surface area contributed by atoms with Crippen molar-refractivity contribution in [3.63, 3.8) is 0 Å². The van der Waals surface area contributed by atoms with Gasteiger partial charge in [0, 0.05) is 36.9 Å². The molecule has 2 heterocycles. The lowest BCUT2D eigenvalue weighted by atomic mass is 10.0. The standard InChI is InChI=1S/C18H12F4N4O/c19-15-5-12(4-14(6-15)18(20,21)22)16(27)13-9-25-17(26-10-13)24-8-11-2-1-3-23-7-11/h1-7,9-10H,8H2,(H,24,25,26). The van der Waals surface area contributed by atoms with E-state index in [1.54, 1.807) is 18.5 Å². The first-order valence-electron chi connectivity index (χ1n) is 7.70. The van der Waals surface area contributed by atoms with Gasteiger partial charge in [-0.25, -0.2) is 14.4 Å². The molecule has 27 heavy (non-hydrogen) atoms. The van der Waals surface area contributed by atoms with Gasteiger partial charge in [-0.3, -0.25) is 9.78 Å². The number of anilines is 1. The van der Waals surface area contributed by atoms with Crippen molar-refractivity contribution in [1.82, 2.24) is 15.0 Å². The van der Waals surface area contributed by atoms with E-state index in [2.05, 4.69) is 20.3 Å². The molecule has 1 N–H and O–H groups in total. The Labute approximate surface area is 151 Å². The third-order valence-corrected chi connectivity index (χ3v) is 3.57. The number of nitrogens with zero attached hydrogens (tertiary/aromatic N) is 3. The van der Waals surface area contributed by atoms with E-state index >= 15 is 0 Å². The topological polar surface area (TPSA) is 67.8 Å². The van der Waals surface area contributed by atoms with Crippen molar-refractivity contribution in [2.75, 3.05) is 5.32 Å². The molecule has 2 aromatic heterocycles. The summed E-state index contributed by atoms with van der Waals surface area (Å²) in [5.74, 6) is -1.73. The summed E-state index contributed by atoms with van der Waals surface area (Å²) in [6.07, 6.45) is 0.871. The Hall–Kier alpha value is -3.36. The minimum absolute atomic E-state index is 0.0550. The van der Waals surface area contributed by atoms with Crippen molar-refractivity contribution in [2.45, 2.75) is 12.7 Å². The van der Waals surface area contributed by atoms with Crippen LogP contribution in [0.5, 0.6) is 0 Å². The number of hydrogen-bond acceptors (Lipinski definition) is 5. The molecule has 138 valence electrons. The minimum atomic E-state index is -4.76. The summed E-state index contributed by atoms with van der Waals surface area (Å²) in [7, 11) is 0. The maximum atomic E-state index is 13.5. The zero-order valence-corrected chi connectivity index (χ0v) is 13.7. The fourth-order valence-corrected chi connectivity index (χ4v) is 2.27. The summed E-state index contributed by atoms with van der Waals surface area (Å²) in [4.78, 5) is 24.2. The second-order valence-corrected chi connectivity index (χ2v) is 5.57. The highest BCUT2D eigenvalue weighted by atomic mass is 19.4. The van der Waals surface area contributed by atoms with Gasteiger partial charge in [0.25, 0.3) is 0 Å². The predicted octanol–water partition coefficient (Wildman–Crippen LogP) is 3.87. The van der Waals surface area contributed by atoms with Gasteiger partial charge in [-0.2, -0.15) is 13.2 Å². The number of benzene rings is 1. The second-order valence-electron chi connectivity index (χ2n) is 5.57. The summed E-state index contributed by atoms with van der Waals surface area (Å²) in [6.45, 7) is 0.403. The first kappa shape index (κ1) is 18.4. The van der Waals surface area contributed by atoms with Crippen LogP contribution in [0.4, 0.5) is 23.5 Å². The van der Waals surface area contributed by atoms with Crippen LogP contribution in [0, 0.1) is 5.82 Å². The van der Waals surface area contributed by atoms with E-state index < -0.39 is 28.9 Å². The summed E-state index contributed by atoms with van der Waals surface area (Å²) in [6, 6.07) is 5.29. The molecule has 0 spiro atoms. The normalized spacial score (nSPS) is 11.3. The van der Waals surface area contributed by atoms with E-state index in [1.807, 2.05) is 6.07 Å². The zero-order valence-electron chi connectivity index (χ0n) is 13.7. The third kappa shape index (κ3) is 4.63. The van der Waals surface area contributed by atoms with Crippen LogP contribution in [0.3, 0.4) is 0 Å².